The molecule has 0 aromatic heterocycles. The van der Waals surface area contributed by atoms with Crippen LogP contribution in [0.2, 0.25) is 0 Å². The lowest BCUT2D eigenvalue weighted by Gasteiger charge is -2.35. The summed E-state index contributed by atoms with van der Waals surface area (Å²) in [4.78, 5) is 21.1. The fourth-order valence-electron chi connectivity index (χ4n) is 4.45. The Morgan fingerprint density at radius 2 is 1.96 bits per heavy atom. The number of likely N-dealkylation sites (tertiary alicyclic amines) is 2. The van der Waals surface area contributed by atoms with Gasteiger partial charge in [-0.2, -0.15) is 0 Å². The van der Waals surface area contributed by atoms with Gasteiger partial charge in [0.2, 0.25) is 5.91 Å². The smallest absolute Gasteiger partial charge is 0.221 e. The number of hydrogen-bond acceptors (Lipinski definition) is 4. The number of amides is 1. The Morgan fingerprint density at radius 1 is 1.11 bits per heavy atom. The van der Waals surface area contributed by atoms with Gasteiger partial charge in [0.15, 0.2) is 5.96 Å². The third-order valence-corrected chi connectivity index (χ3v) is 6.07. The number of carbonyl (C=O) groups is 1. The largest absolute Gasteiger partial charge is 0.369 e. The number of primary amides is 1. The Balaban J connectivity index is 1.67. The zero-order valence-electron chi connectivity index (χ0n) is 18.1. The van der Waals surface area contributed by atoms with Crippen LogP contribution in [0.1, 0.15) is 58.8 Å². The molecule has 0 bridgehead atoms. The quantitative estimate of drug-likeness (QED) is 0.296. The summed E-state index contributed by atoms with van der Waals surface area (Å²) in [6.45, 7) is 12.2. The van der Waals surface area contributed by atoms with Crippen molar-refractivity contribution >= 4 is 11.9 Å². The van der Waals surface area contributed by atoms with Crippen molar-refractivity contribution in [3.05, 3.63) is 0 Å². The first-order chi connectivity index (χ1) is 13.6. The van der Waals surface area contributed by atoms with E-state index in [4.69, 9.17) is 10.7 Å². The molecule has 0 aromatic rings. The zero-order chi connectivity index (χ0) is 20.2. The highest BCUT2D eigenvalue weighted by Gasteiger charge is 2.23. The summed E-state index contributed by atoms with van der Waals surface area (Å²) >= 11 is 0. The minimum absolute atomic E-state index is 0.0259. The van der Waals surface area contributed by atoms with Gasteiger partial charge in [0, 0.05) is 38.8 Å². The van der Waals surface area contributed by atoms with Crippen LogP contribution in [0.5, 0.6) is 0 Å². The molecule has 2 aliphatic rings. The Morgan fingerprint density at radius 3 is 2.71 bits per heavy atom. The zero-order valence-corrected chi connectivity index (χ0v) is 18.1. The van der Waals surface area contributed by atoms with E-state index in [2.05, 4.69) is 34.3 Å². The molecule has 0 aromatic carbocycles. The van der Waals surface area contributed by atoms with E-state index in [1.807, 2.05) is 0 Å². The van der Waals surface area contributed by atoms with Crippen LogP contribution in [0.3, 0.4) is 0 Å². The molecule has 2 unspecified atom stereocenters. The van der Waals surface area contributed by atoms with Crippen LogP contribution < -0.4 is 16.4 Å². The van der Waals surface area contributed by atoms with Gasteiger partial charge in [0.1, 0.15) is 0 Å². The topological polar surface area (TPSA) is 86.0 Å². The van der Waals surface area contributed by atoms with Crippen LogP contribution in [0.25, 0.3) is 0 Å². The Hall–Kier alpha value is -1.34. The molecule has 2 saturated heterocycles. The highest BCUT2D eigenvalue weighted by molar-refractivity contribution is 5.79. The lowest BCUT2D eigenvalue weighted by atomic mass is 9.97. The third-order valence-electron chi connectivity index (χ3n) is 6.07. The lowest BCUT2D eigenvalue weighted by molar-refractivity contribution is -0.123. The lowest BCUT2D eigenvalue weighted by Crippen LogP contribution is -2.46. The van der Waals surface area contributed by atoms with Gasteiger partial charge in [-0.3, -0.25) is 14.7 Å². The second kappa shape index (κ2) is 13.0. The summed E-state index contributed by atoms with van der Waals surface area (Å²) < 4.78 is 0. The van der Waals surface area contributed by atoms with Crippen LogP contribution in [0.4, 0.5) is 0 Å². The molecule has 0 radical (unpaired) electrons. The van der Waals surface area contributed by atoms with Crippen molar-refractivity contribution in [1.29, 1.82) is 0 Å². The van der Waals surface area contributed by atoms with Crippen LogP contribution in [0.15, 0.2) is 4.99 Å². The number of nitrogens with one attached hydrogen (secondary N) is 2. The van der Waals surface area contributed by atoms with Crippen molar-refractivity contribution < 1.29 is 4.79 Å². The normalized spacial score (nSPS) is 24.9. The van der Waals surface area contributed by atoms with E-state index in [0.717, 1.165) is 77.1 Å². The Kier molecular flexibility index (Phi) is 10.6. The number of carbonyl (C=O) groups excluding carboxylic acids is 1. The van der Waals surface area contributed by atoms with Gasteiger partial charge in [-0.1, -0.05) is 13.3 Å². The van der Waals surface area contributed by atoms with E-state index in [0.29, 0.717) is 0 Å². The SMILES string of the molecule is CCNC(=NCCCN1CCCC(C(N)=O)C1)NCCN1CCCCC1CC. The second-order valence-corrected chi connectivity index (χ2v) is 8.18. The highest BCUT2D eigenvalue weighted by atomic mass is 16.1. The first-order valence-electron chi connectivity index (χ1n) is 11.4. The molecule has 7 heteroatoms. The average molecular weight is 395 g/mol. The molecule has 4 N–H and O–H groups in total. The van der Waals surface area contributed by atoms with Crippen molar-refractivity contribution in [2.75, 3.05) is 52.4 Å². The minimum Gasteiger partial charge on any atom is -0.369 e. The van der Waals surface area contributed by atoms with Crippen molar-refractivity contribution in [3.8, 4) is 0 Å². The van der Waals surface area contributed by atoms with Crippen LogP contribution >= 0.6 is 0 Å². The fourth-order valence-corrected chi connectivity index (χ4v) is 4.45. The van der Waals surface area contributed by atoms with E-state index in [1.165, 1.54) is 32.2 Å². The monoisotopic (exact) mass is 394 g/mol. The predicted molar refractivity (Wildman–Crippen MR) is 116 cm³/mol. The summed E-state index contributed by atoms with van der Waals surface area (Å²) in [5.41, 5.74) is 5.47. The molecule has 2 fully saturated rings. The number of aliphatic imine (C=N–C) groups is 1. The van der Waals surface area contributed by atoms with E-state index in [-0.39, 0.29) is 11.8 Å². The fraction of sp³-hybridized carbons (Fsp3) is 0.905. The molecule has 2 rings (SSSR count). The maximum Gasteiger partial charge on any atom is 0.221 e. The standard InChI is InChI=1S/C21H42N6O/c1-3-19-10-5-6-15-27(19)16-12-25-21(23-4-2)24-11-8-14-26-13-7-9-18(17-26)20(22)28/h18-19H,3-17H2,1-2H3,(H2,22,28)(H2,23,24,25). The molecule has 2 heterocycles. The molecule has 0 spiro atoms. The second-order valence-electron chi connectivity index (χ2n) is 8.18. The van der Waals surface area contributed by atoms with Crippen molar-refractivity contribution in [2.24, 2.45) is 16.6 Å². The molecular weight excluding hydrogens is 352 g/mol. The van der Waals surface area contributed by atoms with Gasteiger partial charge in [-0.25, -0.2) is 0 Å². The molecule has 2 atom stereocenters. The van der Waals surface area contributed by atoms with E-state index < -0.39 is 0 Å². The number of nitrogens with two attached hydrogens (primary N) is 1. The summed E-state index contributed by atoms with van der Waals surface area (Å²) in [7, 11) is 0. The Labute approximate surface area is 171 Å². The van der Waals surface area contributed by atoms with Crippen LogP contribution in [-0.4, -0.2) is 80.1 Å². The maximum absolute atomic E-state index is 11.4. The maximum atomic E-state index is 11.4. The van der Waals surface area contributed by atoms with Crippen LogP contribution in [-0.2, 0) is 4.79 Å². The van der Waals surface area contributed by atoms with E-state index in [9.17, 15) is 4.79 Å². The number of nitrogens with zero attached hydrogens (tertiary/aromatic N) is 3. The van der Waals surface area contributed by atoms with Crippen LogP contribution in [0, 0.1) is 5.92 Å². The molecule has 2 aliphatic heterocycles. The number of rotatable bonds is 10. The first-order valence-corrected chi connectivity index (χ1v) is 11.4. The van der Waals surface area contributed by atoms with Crippen molar-refractivity contribution in [3.63, 3.8) is 0 Å². The molecule has 0 aliphatic carbocycles. The van der Waals surface area contributed by atoms with Gasteiger partial charge in [0.25, 0.3) is 0 Å². The van der Waals surface area contributed by atoms with Crippen molar-refractivity contribution in [2.45, 2.75) is 64.8 Å². The summed E-state index contributed by atoms with van der Waals surface area (Å²) in [5.74, 6) is 0.791. The summed E-state index contributed by atoms with van der Waals surface area (Å²) in [6, 6.07) is 0.754. The highest BCUT2D eigenvalue weighted by Crippen LogP contribution is 2.18. The van der Waals surface area contributed by atoms with Gasteiger partial charge in [-0.05, 0) is 65.1 Å². The third kappa shape index (κ3) is 7.95. The van der Waals surface area contributed by atoms with Gasteiger partial charge in [0.05, 0.1) is 5.92 Å². The van der Waals surface area contributed by atoms with Gasteiger partial charge >= 0.3 is 0 Å². The summed E-state index contributed by atoms with van der Waals surface area (Å²) in [5, 5.41) is 6.85. The van der Waals surface area contributed by atoms with Crippen molar-refractivity contribution in [1.82, 2.24) is 20.4 Å². The molecule has 1 amide bonds. The van der Waals surface area contributed by atoms with E-state index in [1.54, 1.807) is 0 Å². The summed E-state index contributed by atoms with van der Waals surface area (Å²) in [6.07, 6.45) is 8.32. The Bertz CT molecular complexity index is 484. The molecular formula is C21H42N6O. The number of piperidine rings is 2. The van der Waals surface area contributed by atoms with Gasteiger partial charge in [-0.15, -0.1) is 0 Å². The number of guanidine groups is 1. The first kappa shape index (κ1) is 22.9. The average Bonchev–Trinajstić information content (AvgIpc) is 2.71. The predicted octanol–water partition coefficient (Wildman–Crippen LogP) is 1.39. The molecule has 7 nitrogen and oxygen atoms in total. The van der Waals surface area contributed by atoms with E-state index >= 15 is 0 Å². The van der Waals surface area contributed by atoms with Gasteiger partial charge < -0.3 is 21.3 Å². The molecule has 162 valence electrons. The number of hydrogen-bond donors (Lipinski definition) is 3. The molecule has 28 heavy (non-hydrogen) atoms. The molecule has 0 saturated carbocycles. The minimum atomic E-state index is -0.152.